The van der Waals surface area contributed by atoms with E-state index in [1.54, 1.807) is 12.5 Å². The summed E-state index contributed by atoms with van der Waals surface area (Å²) >= 11 is 5.44. The smallest absolute Gasteiger partial charge is 0.171 e. The van der Waals surface area contributed by atoms with E-state index in [9.17, 15) is 0 Å². The lowest BCUT2D eigenvalue weighted by Gasteiger charge is -2.12. The molecule has 3 heterocycles. The van der Waals surface area contributed by atoms with Crippen molar-refractivity contribution in [2.75, 3.05) is 5.32 Å². The first-order chi connectivity index (χ1) is 15.3. The Bertz CT molecular complexity index is 1320. The first-order valence-electron chi connectivity index (χ1n) is 9.74. The van der Waals surface area contributed by atoms with Crippen LogP contribution in [0, 0.1) is 0 Å². The van der Waals surface area contributed by atoms with Gasteiger partial charge in [-0.05, 0) is 60.2 Å². The summed E-state index contributed by atoms with van der Waals surface area (Å²) in [6, 6.07) is 23.2. The van der Waals surface area contributed by atoms with E-state index in [1.165, 1.54) is 0 Å². The average molecular weight is 427 g/mol. The second kappa shape index (κ2) is 8.41. The van der Waals surface area contributed by atoms with Crippen molar-refractivity contribution in [2.45, 2.75) is 6.54 Å². The van der Waals surface area contributed by atoms with E-state index in [2.05, 4.69) is 10.6 Å². The fourth-order valence-electron chi connectivity index (χ4n) is 3.26. The standard InChI is InChI=1S/C24H18N4O2S/c31-24(25-15-16-6-2-1-3-7-16)26-17-10-11-18-19(14-17)28-23(21-9-5-13-30-21)22(27-18)20-8-4-12-29-20/h1-14H,15H2,(H2,25,26,31). The second-order valence-corrected chi connectivity index (χ2v) is 7.28. The molecule has 0 saturated heterocycles. The molecular weight excluding hydrogens is 408 g/mol. The molecule has 0 saturated carbocycles. The van der Waals surface area contributed by atoms with E-state index in [-0.39, 0.29) is 0 Å². The summed E-state index contributed by atoms with van der Waals surface area (Å²) in [5.74, 6) is 1.26. The molecule has 0 spiro atoms. The number of rotatable bonds is 5. The molecule has 0 radical (unpaired) electrons. The highest BCUT2D eigenvalue weighted by molar-refractivity contribution is 7.80. The minimum absolute atomic E-state index is 0.537. The van der Waals surface area contributed by atoms with Crippen LogP contribution in [0.25, 0.3) is 33.9 Å². The predicted molar refractivity (Wildman–Crippen MR) is 124 cm³/mol. The van der Waals surface area contributed by atoms with Crippen LogP contribution in [0.2, 0.25) is 0 Å². The fraction of sp³-hybridized carbons (Fsp3) is 0.0417. The highest BCUT2D eigenvalue weighted by Gasteiger charge is 2.17. The number of nitrogens with one attached hydrogen (secondary N) is 2. The molecule has 7 heteroatoms. The zero-order valence-electron chi connectivity index (χ0n) is 16.4. The molecule has 3 aromatic heterocycles. The van der Waals surface area contributed by atoms with Crippen LogP contribution in [0.1, 0.15) is 5.56 Å². The van der Waals surface area contributed by atoms with Crippen molar-refractivity contribution in [2.24, 2.45) is 0 Å². The highest BCUT2D eigenvalue weighted by atomic mass is 32.1. The molecule has 0 bridgehead atoms. The van der Waals surface area contributed by atoms with Gasteiger partial charge < -0.3 is 19.5 Å². The SMILES string of the molecule is S=C(NCc1ccccc1)Nc1ccc2nc(-c3ccco3)c(-c3ccco3)nc2c1. The molecule has 0 amide bonds. The third-order valence-corrected chi connectivity index (χ3v) is 4.97. The molecule has 0 fully saturated rings. The van der Waals surface area contributed by atoms with Gasteiger partial charge in [-0.25, -0.2) is 9.97 Å². The molecule has 5 rings (SSSR count). The maximum absolute atomic E-state index is 5.59. The minimum Gasteiger partial charge on any atom is -0.463 e. The van der Waals surface area contributed by atoms with Crippen molar-refractivity contribution in [3.8, 4) is 22.9 Å². The van der Waals surface area contributed by atoms with Gasteiger partial charge in [0.15, 0.2) is 16.6 Å². The van der Waals surface area contributed by atoms with Crippen LogP contribution in [-0.4, -0.2) is 15.1 Å². The lowest BCUT2D eigenvalue weighted by atomic mass is 10.1. The monoisotopic (exact) mass is 426 g/mol. The minimum atomic E-state index is 0.537. The third-order valence-electron chi connectivity index (χ3n) is 4.73. The van der Waals surface area contributed by atoms with Crippen molar-refractivity contribution >= 4 is 34.1 Å². The van der Waals surface area contributed by atoms with E-state index < -0.39 is 0 Å². The molecule has 31 heavy (non-hydrogen) atoms. The van der Waals surface area contributed by atoms with Gasteiger partial charge in [0.2, 0.25) is 0 Å². The van der Waals surface area contributed by atoms with Crippen LogP contribution < -0.4 is 10.6 Å². The number of fused-ring (bicyclic) bond motifs is 1. The molecule has 2 aromatic carbocycles. The summed E-state index contributed by atoms with van der Waals surface area (Å²) in [6.07, 6.45) is 3.23. The van der Waals surface area contributed by atoms with Crippen LogP contribution in [-0.2, 0) is 6.54 Å². The van der Waals surface area contributed by atoms with E-state index in [1.807, 2.05) is 72.8 Å². The summed E-state index contributed by atoms with van der Waals surface area (Å²) in [4.78, 5) is 9.59. The van der Waals surface area contributed by atoms with E-state index in [4.69, 9.17) is 31.0 Å². The van der Waals surface area contributed by atoms with Crippen LogP contribution in [0.4, 0.5) is 5.69 Å². The number of thiocarbonyl (C=S) groups is 1. The fourth-order valence-corrected chi connectivity index (χ4v) is 3.45. The number of furan rings is 2. The lowest BCUT2D eigenvalue weighted by molar-refractivity contribution is 0.572. The molecule has 0 unspecified atom stereocenters. The van der Waals surface area contributed by atoms with Crippen LogP contribution in [0.5, 0.6) is 0 Å². The number of anilines is 1. The first kappa shape index (κ1) is 19.0. The first-order valence-corrected chi connectivity index (χ1v) is 10.2. The maximum Gasteiger partial charge on any atom is 0.171 e. The molecule has 152 valence electrons. The molecule has 0 aliphatic rings. The van der Waals surface area contributed by atoms with Crippen LogP contribution in [0.3, 0.4) is 0 Å². The quantitative estimate of drug-likeness (QED) is 0.352. The van der Waals surface area contributed by atoms with Crippen molar-refractivity contribution in [3.05, 3.63) is 90.9 Å². The van der Waals surface area contributed by atoms with Gasteiger partial charge in [-0.1, -0.05) is 30.3 Å². The Morgan fingerprint density at radius 2 is 1.45 bits per heavy atom. The van der Waals surface area contributed by atoms with Gasteiger partial charge in [-0.2, -0.15) is 0 Å². The number of hydrogen-bond acceptors (Lipinski definition) is 5. The van der Waals surface area contributed by atoms with Gasteiger partial charge in [0.05, 0.1) is 23.6 Å². The zero-order chi connectivity index (χ0) is 21.0. The largest absolute Gasteiger partial charge is 0.463 e. The molecule has 0 atom stereocenters. The van der Waals surface area contributed by atoms with Gasteiger partial charge in [-0.15, -0.1) is 0 Å². The van der Waals surface area contributed by atoms with Crippen molar-refractivity contribution in [3.63, 3.8) is 0 Å². The molecule has 0 aliphatic heterocycles. The van der Waals surface area contributed by atoms with Crippen molar-refractivity contribution in [1.82, 2.24) is 15.3 Å². The van der Waals surface area contributed by atoms with Crippen LogP contribution in [0.15, 0.2) is 94.2 Å². The van der Waals surface area contributed by atoms with Gasteiger partial charge in [0.25, 0.3) is 0 Å². The maximum atomic E-state index is 5.59. The Morgan fingerprint density at radius 1 is 0.774 bits per heavy atom. The second-order valence-electron chi connectivity index (χ2n) is 6.87. The van der Waals surface area contributed by atoms with Crippen molar-refractivity contribution in [1.29, 1.82) is 0 Å². The average Bonchev–Trinajstić information content (AvgIpc) is 3.52. The Balaban J connectivity index is 1.43. The van der Waals surface area contributed by atoms with Gasteiger partial charge in [0, 0.05) is 12.2 Å². The topological polar surface area (TPSA) is 76.1 Å². The number of hydrogen-bond donors (Lipinski definition) is 2. The molecule has 2 N–H and O–H groups in total. The van der Waals surface area contributed by atoms with Gasteiger partial charge in [0.1, 0.15) is 11.4 Å². The number of nitrogens with zero attached hydrogens (tertiary/aromatic N) is 2. The number of benzene rings is 2. The van der Waals surface area contributed by atoms with Gasteiger partial charge in [-0.3, -0.25) is 0 Å². The molecule has 6 nitrogen and oxygen atoms in total. The van der Waals surface area contributed by atoms with E-state index in [0.717, 1.165) is 22.3 Å². The lowest BCUT2D eigenvalue weighted by Crippen LogP contribution is -2.27. The van der Waals surface area contributed by atoms with E-state index >= 15 is 0 Å². The van der Waals surface area contributed by atoms with Gasteiger partial charge >= 0.3 is 0 Å². The summed E-state index contributed by atoms with van der Waals surface area (Å²) in [5, 5.41) is 6.96. The summed E-state index contributed by atoms with van der Waals surface area (Å²) < 4.78 is 11.2. The Hall–Kier alpha value is -3.97. The number of aromatic nitrogens is 2. The van der Waals surface area contributed by atoms with E-state index in [0.29, 0.717) is 34.6 Å². The van der Waals surface area contributed by atoms with Crippen LogP contribution >= 0.6 is 12.2 Å². The zero-order valence-corrected chi connectivity index (χ0v) is 17.2. The normalized spacial score (nSPS) is 10.8. The Morgan fingerprint density at radius 3 is 2.10 bits per heavy atom. The molecule has 5 aromatic rings. The highest BCUT2D eigenvalue weighted by Crippen LogP contribution is 2.32. The predicted octanol–water partition coefficient (Wildman–Crippen LogP) is 5.64. The molecular formula is C24H18N4O2S. The molecule has 0 aliphatic carbocycles. The van der Waals surface area contributed by atoms with Crippen molar-refractivity contribution < 1.29 is 8.83 Å². The Labute approximate surface area is 184 Å². The summed E-state index contributed by atoms with van der Waals surface area (Å²) in [7, 11) is 0. The third kappa shape index (κ3) is 4.17. The summed E-state index contributed by atoms with van der Waals surface area (Å²) in [6.45, 7) is 0.648. The summed E-state index contributed by atoms with van der Waals surface area (Å²) in [5.41, 5.74) is 4.70. The Kier molecular flexibility index (Phi) is 5.16.